The van der Waals surface area contributed by atoms with Crippen molar-refractivity contribution >= 4 is 17.5 Å². The summed E-state index contributed by atoms with van der Waals surface area (Å²) in [5, 5.41) is 2.87. The predicted octanol–water partition coefficient (Wildman–Crippen LogP) is 2.95. The minimum atomic E-state index is -0.218. The molecule has 0 unspecified atom stereocenters. The maximum absolute atomic E-state index is 12.4. The zero-order chi connectivity index (χ0) is 18.4. The number of hydrogen-bond acceptors (Lipinski definition) is 3. The molecule has 0 aliphatic rings. The molecule has 132 valence electrons. The molecule has 0 saturated carbocycles. The Bertz CT molecular complexity index is 771. The van der Waals surface area contributed by atoms with E-state index in [9.17, 15) is 9.59 Å². The van der Waals surface area contributed by atoms with Crippen LogP contribution >= 0.6 is 0 Å². The Kier molecular flexibility index (Phi) is 6.17. The Balaban J connectivity index is 1.96. The zero-order valence-corrected chi connectivity index (χ0v) is 15.1. The predicted molar refractivity (Wildman–Crippen MR) is 98.9 cm³/mol. The van der Waals surface area contributed by atoms with Gasteiger partial charge in [-0.25, -0.2) is 0 Å². The van der Waals surface area contributed by atoms with Gasteiger partial charge < -0.3 is 15.0 Å². The van der Waals surface area contributed by atoms with Crippen LogP contribution in [0, 0.1) is 13.8 Å². The molecule has 5 nitrogen and oxygen atoms in total. The molecule has 0 atom stereocenters. The molecule has 0 heterocycles. The van der Waals surface area contributed by atoms with Crippen molar-refractivity contribution in [1.29, 1.82) is 0 Å². The summed E-state index contributed by atoms with van der Waals surface area (Å²) in [5.74, 6) is 0.314. The molecule has 0 fully saturated rings. The number of rotatable bonds is 6. The van der Waals surface area contributed by atoms with E-state index in [1.54, 1.807) is 14.2 Å². The van der Waals surface area contributed by atoms with Crippen LogP contribution in [0.2, 0.25) is 0 Å². The molecular formula is C20H24N2O3. The van der Waals surface area contributed by atoms with Gasteiger partial charge in [0, 0.05) is 18.3 Å². The Morgan fingerprint density at radius 1 is 1.08 bits per heavy atom. The average Bonchev–Trinajstić information content (AvgIpc) is 2.59. The number of nitrogens with one attached hydrogen (secondary N) is 1. The van der Waals surface area contributed by atoms with Crippen molar-refractivity contribution in [3.8, 4) is 5.75 Å². The molecule has 0 aromatic heterocycles. The minimum Gasteiger partial charge on any atom is -0.496 e. The number of hydrogen-bond donors (Lipinski definition) is 1. The lowest BCUT2D eigenvalue weighted by Gasteiger charge is -2.18. The molecule has 1 N–H and O–H groups in total. The molecule has 2 amide bonds. The second kappa shape index (κ2) is 8.33. The van der Waals surface area contributed by atoms with Gasteiger partial charge in [0.15, 0.2) is 0 Å². The van der Waals surface area contributed by atoms with Gasteiger partial charge in [0.2, 0.25) is 11.8 Å². The Labute approximate surface area is 148 Å². The lowest BCUT2D eigenvalue weighted by Crippen LogP contribution is -2.36. The highest BCUT2D eigenvalue weighted by Gasteiger charge is 2.16. The molecule has 25 heavy (non-hydrogen) atoms. The number of carbonyl (C=O) groups excluding carboxylic acids is 2. The van der Waals surface area contributed by atoms with Crippen molar-refractivity contribution < 1.29 is 14.3 Å². The molecule has 2 aromatic carbocycles. The Morgan fingerprint density at radius 2 is 1.80 bits per heavy atom. The smallest absolute Gasteiger partial charge is 0.243 e. The van der Waals surface area contributed by atoms with E-state index >= 15 is 0 Å². The fraction of sp³-hybridized carbons (Fsp3) is 0.300. The summed E-state index contributed by atoms with van der Waals surface area (Å²) in [5.41, 5.74) is 3.71. The van der Waals surface area contributed by atoms with Crippen LogP contribution in [0.5, 0.6) is 5.75 Å². The molecule has 0 bridgehead atoms. The van der Waals surface area contributed by atoms with Crippen LogP contribution in [0.4, 0.5) is 5.69 Å². The number of ether oxygens (including phenoxy) is 1. The van der Waals surface area contributed by atoms with Crippen LogP contribution in [-0.4, -0.2) is 37.4 Å². The molecule has 0 radical (unpaired) electrons. The summed E-state index contributed by atoms with van der Waals surface area (Å²) in [6, 6.07) is 13.1. The van der Waals surface area contributed by atoms with E-state index < -0.39 is 0 Å². The van der Waals surface area contributed by atoms with Gasteiger partial charge in [-0.1, -0.05) is 30.3 Å². The number of nitrogens with zero attached hydrogens (tertiary/aromatic N) is 1. The van der Waals surface area contributed by atoms with Crippen molar-refractivity contribution in [3.05, 3.63) is 59.2 Å². The number of para-hydroxylation sites is 1. The first-order valence-corrected chi connectivity index (χ1v) is 8.14. The van der Waals surface area contributed by atoms with Gasteiger partial charge in [0.25, 0.3) is 0 Å². The molecule has 0 aliphatic carbocycles. The highest BCUT2D eigenvalue weighted by Crippen LogP contribution is 2.19. The minimum absolute atomic E-state index is 0.00135. The molecule has 0 saturated heterocycles. The number of methoxy groups -OCH3 is 1. The van der Waals surface area contributed by atoms with Crippen LogP contribution in [-0.2, 0) is 16.0 Å². The van der Waals surface area contributed by atoms with E-state index in [0.29, 0.717) is 5.75 Å². The van der Waals surface area contributed by atoms with E-state index in [-0.39, 0.29) is 24.8 Å². The van der Waals surface area contributed by atoms with Crippen molar-refractivity contribution in [1.82, 2.24) is 4.90 Å². The van der Waals surface area contributed by atoms with E-state index in [1.807, 2.05) is 56.3 Å². The third-order valence-electron chi connectivity index (χ3n) is 4.22. The standard InChI is InChI=1S/C20H24N2O3/c1-14-8-7-10-17(15(14)2)21-19(23)13-22(3)20(24)12-16-9-5-6-11-18(16)25-4/h5-11H,12-13H2,1-4H3,(H,21,23). The third kappa shape index (κ3) is 4.83. The third-order valence-corrected chi connectivity index (χ3v) is 4.22. The van der Waals surface area contributed by atoms with Crippen LogP contribution in [0.25, 0.3) is 0 Å². The molecular weight excluding hydrogens is 316 g/mol. The fourth-order valence-electron chi connectivity index (χ4n) is 2.53. The zero-order valence-electron chi connectivity index (χ0n) is 15.1. The largest absolute Gasteiger partial charge is 0.496 e. The van der Waals surface area contributed by atoms with E-state index in [0.717, 1.165) is 22.4 Å². The Hall–Kier alpha value is -2.82. The van der Waals surface area contributed by atoms with Gasteiger partial charge in [-0.05, 0) is 37.1 Å². The topological polar surface area (TPSA) is 58.6 Å². The summed E-state index contributed by atoms with van der Waals surface area (Å²) in [6.07, 6.45) is 0.192. The van der Waals surface area contributed by atoms with E-state index in [1.165, 1.54) is 4.90 Å². The van der Waals surface area contributed by atoms with Crippen molar-refractivity contribution in [2.75, 3.05) is 26.0 Å². The summed E-state index contributed by atoms with van der Waals surface area (Å²) >= 11 is 0. The van der Waals surface area contributed by atoms with Gasteiger partial charge in [-0.15, -0.1) is 0 Å². The van der Waals surface area contributed by atoms with E-state index in [2.05, 4.69) is 5.32 Å². The number of carbonyl (C=O) groups is 2. The van der Waals surface area contributed by atoms with Crippen LogP contribution < -0.4 is 10.1 Å². The molecule has 0 aliphatic heterocycles. The van der Waals surface area contributed by atoms with Crippen LogP contribution in [0.1, 0.15) is 16.7 Å². The summed E-state index contributed by atoms with van der Waals surface area (Å²) < 4.78 is 5.26. The lowest BCUT2D eigenvalue weighted by atomic mass is 10.1. The fourth-order valence-corrected chi connectivity index (χ4v) is 2.53. The molecule has 0 spiro atoms. The first-order valence-electron chi connectivity index (χ1n) is 8.14. The van der Waals surface area contributed by atoms with Gasteiger partial charge >= 0.3 is 0 Å². The normalized spacial score (nSPS) is 10.2. The van der Waals surface area contributed by atoms with Crippen LogP contribution in [0.15, 0.2) is 42.5 Å². The van der Waals surface area contributed by atoms with E-state index in [4.69, 9.17) is 4.74 Å². The second-order valence-corrected chi connectivity index (χ2v) is 6.03. The maximum atomic E-state index is 12.4. The number of benzene rings is 2. The maximum Gasteiger partial charge on any atom is 0.243 e. The van der Waals surface area contributed by atoms with Crippen molar-refractivity contribution in [2.45, 2.75) is 20.3 Å². The number of anilines is 1. The first-order chi connectivity index (χ1) is 11.9. The van der Waals surface area contributed by atoms with Gasteiger partial charge in [-0.2, -0.15) is 0 Å². The van der Waals surface area contributed by atoms with Crippen LogP contribution in [0.3, 0.4) is 0 Å². The van der Waals surface area contributed by atoms with Gasteiger partial charge in [0.05, 0.1) is 20.1 Å². The summed E-state index contributed by atoms with van der Waals surface area (Å²) in [7, 11) is 3.20. The highest BCUT2D eigenvalue weighted by atomic mass is 16.5. The number of likely N-dealkylation sites (N-methyl/N-ethyl adjacent to an activating group) is 1. The first kappa shape index (κ1) is 18.5. The highest BCUT2D eigenvalue weighted by molar-refractivity contribution is 5.95. The second-order valence-electron chi connectivity index (χ2n) is 6.03. The monoisotopic (exact) mass is 340 g/mol. The molecule has 2 aromatic rings. The average molecular weight is 340 g/mol. The number of amides is 2. The van der Waals surface area contributed by atoms with Crippen molar-refractivity contribution in [2.24, 2.45) is 0 Å². The number of aryl methyl sites for hydroxylation is 1. The van der Waals surface area contributed by atoms with Crippen molar-refractivity contribution in [3.63, 3.8) is 0 Å². The SMILES string of the molecule is COc1ccccc1CC(=O)N(C)CC(=O)Nc1cccc(C)c1C. The quantitative estimate of drug-likeness (QED) is 0.879. The summed E-state index contributed by atoms with van der Waals surface area (Å²) in [6.45, 7) is 3.96. The summed E-state index contributed by atoms with van der Waals surface area (Å²) in [4.78, 5) is 26.0. The molecule has 2 rings (SSSR count). The van der Waals surface area contributed by atoms with Gasteiger partial charge in [0.1, 0.15) is 5.75 Å². The lowest BCUT2D eigenvalue weighted by molar-refractivity contribution is -0.132. The Morgan fingerprint density at radius 3 is 2.52 bits per heavy atom. The molecule has 5 heteroatoms. The van der Waals surface area contributed by atoms with Gasteiger partial charge in [-0.3, -0.25) is 9.59 Å².